The Morgan fingerprint density at radius 2 is 2.10 bits per heavy atom. The molecule has 1 aliphatic carbocycles. The van der Waals surface area contributed by atoms with Crippen LogP contribution in [0.1, 0.15) is 31.2 Å². The van der Waals surface area contributed by atoms with Gasteiger partial charge in [-0.15, -0.1) is 0 Å². The van der Waals surface area contributed by atoms with Gasteiger partial charge in [0.05, 0.1) is 11.6 Å². The van der Waals surface area contributed by atoms with Gasteiger partial charge in [0.2, 0.25) is 5.91 Å². The number of hydrogen-bond donors (Lipinski definition) is 1. The van der Waals surface area contributed by atoms with Crippen molar-refractivity contribution < 1.29 is 4.79 Å². The second-order valence-electron chi connectivity index (χ2n) is 5.51. The fourth-order valence-electron chi connectivity index (χ4n) is 2.83. The van der Waals surface area contributed by atoms with Crippen molar-refractivity contribution in [3.8, 4) is 6.07 Å². The summed E-state index contributed by atoms with van der Waals surface area (Å²) in [4.78, 5) is 14.2. The molecule has 0 unspecified atom stereocenters. The van der Waals surface area contributed by atoms with Crippen molar-refractivity contribution in [1.29, 1.82) is 5.26 Å². The average molecular weight is 271 g/mol. The van der Waals surface area contributed by atoms with Crippen molar-refractivity contribution in [2.45, 2.75) is 25.7 Å². The van der Waals surface area contributed by atoms with E-state index in [4.69, 9.17) is 11.0 Å². The first kappa shape index (κ1) is 14.5. The molecule has 2 N–H and O–H groups in total. The third-order valence-electron chi connectivity index (χ3n) is 4.22. The summed E-state index contributed by atoms with van der Waals surface area (Å²) >= 11 is 0. The SMILES string of the molecule is CN(C(=O)C1CCC(CN)CC1)c1cccc(C#N)c1. The third kappa shape index (κ3) is 3.17. The Morgan fingerprint density at radius 1 is 1.40 bits per heavy atom. The Kier molecular flexibility index (Phi) is 4.75. The number of anilines is 1. The van der Waals surface area contributed by atoms with Crippen molar-refractivity contribution in [3.05, 3.63) is 29.8 Å². The minimum atomic E-state index is 0.0912. The Bertz CT molecular complexity index is 513. The predicted molar refractivity (Wildman–Crippen MR) is 79.1 cm³/mol. The van der Waals surface area contributed by atoms with E-state index in [-0.39, 0.29) is 11.8 Å². The molecule has 1 fully saturated rings. The van der Waals surface area contributed by atoms with Crippen LogP contribution in [0.2, 0.25) is 0 Å². The van der Waals surface area contributed by atoms with Gasteiger partial charge in [0.15, 0.2) is 0 Å². The van der Waals surface area contributed by atoms with Crippen LogP contribution in [0.3, 0.4) is 0 Å². The molecule has 0 spiro atoms. The maximum Gasteiger partial charge on any atom is 0.229 e. The molecule has 0 atom stereocenters. The summed E-state index contributed by atoms with van der Waals surface area (Å²) in [6, 6.07) is 9.27. The van der Waals surface area contributed by atoms with Gasteiger partial charge in [-0.3, -0.25) is 4.79 Å². The van der Waals surface area contributed by atoms with Crippen molar-refractivity contribution >= 4 is 11.6 Å². The van der Waals surface area contributed by atoms with E-state index in [2.05, 4.69) is 6.07 Å². The van der Waals surface area contributed by atoms with Crippen LogP contribution in [0.4, 0.5) is 5.69 Å². The molecule has 0 radical (unpaired) electrons. The lowest BCUT2D eigenvalue weighted by molar-refractivity contribution is -0.123. The topological polar surface area (TPSA) is 70.1 Å². The van der Waals surface area contributed by atoms with Gasteiger partial charge in [-0.2, -0.15) is 5.26 Å². The van der Waals surface area contributed by atoms with Crippen LogP contribution in [0.25, 0.3) is 0 Å². The number of carbonyl (C=O) groups is 1. The van der Waals surface area contributed by atoms with Gasteiger partial charge in [-0.05, 0) is 56.3 Å². The average Bonchev–Trinajstić information content (AvgIpc) is 2.53. The van der Waals surface area contributed by atoms with Gasteiger partial charge >= 0.3 is 0 Å². The van der Waals surface area contributed by atoms with Gasteiger partial charge in [-0.25, -0.2) is 0 Å². The highest BCUT2D eigenvalue weighted by Gasteiger charge is 2.28. The van der Waals surface area contributed by atoms with Crippen LogP contribution in [0.5, 0.6) is 0 Å². The highest BCUT2D eigenvalue weighted by Crippen LogP contribution is 2.30. The van der Waals surface area contributed by atoms with E-state index in [9.17, 15) is 4.79 Å². The molecule has 1 amide bonds. The van der Waals surface area contributed by atoms with Crippen molar-refractivity contribution in [2.24, 2.45) is 17.6 Å². The van der Waals surface area contributed by atoms with Gasteiger partial charge in [-0.1, -0.05) is 6.07 Å². The lowest BCUT2D eigenvalue weighted by atomic mass is 9.81. The van der Waals surface area contributed by atoms with E-state index >= 15 is 0 Å². The molecule has 1 aromatic rings. The van der Waals surface area contributed by atoms with Crippen molar-refractivity contribution in [1.82, 2.24) is 0 Å². The van der Waals surface area contributed by atoms with Crippen LogP contribution >= 0.6 is 0 Å². The molecule has 20 heavy (non-hydrogen) atoms. The van der Waals surface area contributed by atoms with Crippen LogP contribution in [0, 0.1) is 23.2 Å². The summed E-state index contributed by atoms with van der Waals surface area (Å²) < 4.78 is 0. The number of nitrogens with zero attached hydrogens (tertiary/aromatic N) is 2. The van der Waals surface area contributed by atoms with Crippen molar-refractivity contribution in [2.75, 3.05) is 18.5 Å². The maximum absolute atomic E-state index is 12.5. The summed E-state index contributed by atoms with van der Waals surface area (Å²) in [5.74, 6) is 0.815. The first-order valence-electron chi connectivity index (χ1n) is 7.13. The molecule has 2 rings (SSSR count). The fourth-order valence-corrected chi connectivity index (χ4v) is 2.83. The molecule has 1 aliphatic rings. The number of nitrogens with two attached hydrogens (primary N) is 1. The lowest BCUT2D eigenvalue weighted by Gasteiger charge is -2.30. The van der Waals surface area contributed by atoms with Crippen molar-refractivity contribution in [3.63, 3.8) is 0 Å². The highest BCUT2D eigenvalue weighted by molar-refractivity contribution is 5.94. The maximum atomic E-state index is 12.5. The molecule has 4 nitrogen and oxygen atoms in total. The molecule has 1 saturated carbocycles. The smallest absolute Gasteiger partial charge is 0.229 e. The Morgan fingerprint density at radius 3 is 2.70 bits per heavy atom. The molecule has 0 heterocycles. The normalized spacial score (nSPS) is 22.1. The monoisotopic (exact) mass is 271 g/mol. The first-order chi connectivity index (χ1) is 9.65. The van der Waals surface area contributed by atoms with E-state index in [0.717, 1.165) is 37.9 Å². The number of carbonyl (C=O) groups excluding carboxylic acids is 1. The number of hydrogen-bond acceptors (Lipinski definition) is 3. The molecule has 4 heteroatoms. The quantitative estimate of drug-likeness (QED) is 0.917. The zero-order valence-electron chi connectivity index (χ0n) is 11.9. The summed E-state index contributed by atoms with van der Waals surface area (Å²) in [5, 5.41) is 8.92. The number of benzene rings is 1. The second-order valence-corrected chi connectivity index (χ2v) is 5.51. The first-order valence-corrected chi connectivity index (χ1v) is 7.13. The summed E-state index contributed by atoms with van der Waals surface area (Å²) in [6.45, 7) is 0.723. The van der Waals surface area contributed by atoms with E-state index in [1.54, 1.807) is 24.1 Å². The number of amides is 1. The minimum Gasteiger partial charge on any atom is -0.330 e. The standard InChI is InChI=1S/C16H21N3O/c1-19(15-4-2-3-13(9-15)11-18)16(20)14-7-5-12(10-17)6-8-14/h2-4,9,12,14H,5-8,10,17H2,1H3. The Balaban J connectivity index is 2.03. The zero-order valence-corrected chi connectivity index (χ0v) is 11.9. The van der Waals surface area contributed by atoms with E-state index in [1.165, 1.54) is 0 Å². The highest BCUT2D eigenvalue weighted by atomic mass is 16.2. The number of rotatable bonds is 3. The van der Waals surface area contributed by atoms with Crippen LogP contribution < -0.4 is 10.6 Å². The Labute approximate surface area is 120 Å². The van der Waals surface area contributed by atoms with Crippen LogP contribution in [-0.4, -0.2) is 19.5 Å². The van der Waals surface area contributed by atoms with Crippen LogP contribution in [0.15, 0.2) is 24.3 Å². The largest absolute Gasteiger partial charge is 0.330 e. The predicted octanol–water partition coefficient (Wildman–Crippen LogP) is 2.29. The zero-order chi connectivity index (χ0) is 14.5. The van der Waals surface area contributed by atoms with Crippen LogP contribution in [-0.2, 0) is 4.79 Å². The molecule has 106 valence electrons. The molecule has 1 aromatic carbocycles. The summed E-state index contributed by atoms with van der Waals surface area (Å²) in [7, 11) is 1.79. The van der Waals surface area contributed by atoms with Gasteiger partial charge in [0.25, 0.3) is 0 Å². The second kappa shape index (κ2) is 6.53. The third-order valence-corrected chi connectivity index (χ3v) is 4.22. The van der Waals surface area contributed by atoms with E-state index in [0.29, 0.717) is 11.5 Å². The van der Waals surface area contributed by atoms with Gasteiger partial charge in [0, 0.05) is 18.7 Å². The molecular formula is C16H21N3O. The summed E-state index contributed by atoms with van der Waals surface area (Å²) in [6.07, 6.45) is 3.92. The molecule has 0 aromatic heterocycles. The lowest BCUT2D eigenvalue weighted by Crippen LogP contribution is -2.35. The van der Waals surface area contributed by atoms with E-state index in [1.807, 2.05) is 12.1 Å². The molecule has 0 saturated heterocycles. The fraction of sp³-hybridized carbons (Fsp3) is 0.500. The molecular weight excluding hydrogens is 250 g/mol. The summed E-state index contributed by atoms with van der Waals surface area (Å²) in [5.41, 5.74) is 7.05. The van der Waals surface area contributed by atoms with Gasteiger partial charge < -0.3 is 10.6 Å². The minimum absolute atomic E-state index is 0.0912. The van der Waals surface area contributed by atoms with Gasteiger partial charge in [0.1, 0.15) is 0 Å². The Hall–Kier alpha value is -1.86. The number of nitriles is 1. The molecule has 0 bridgehead atoms. The molecule has 0 aliphatic heterocycles. The van der Waals surface area contributed by atoms with E-state index < -0.39 is 0 Å².